The molecule has 0 heterocycles. The highest BCUT2D eigenvalue weighted by molar-refractivity contribution is 7.95. The Hall–Kier alpha value is -1.21. The van der Waals surface area contributed by atoms with E-state index in [9.17, 15) is 21.6 Å². The van der Waals surface area contributed by atoms with Gasteiger partial charge in [-0.1, -0.05) is 30.3 Å². The molecular formula is C12H16O5S2. The molecular weight excluding hydrogens is 288 g/mol. The van der Waals surface area contributed by atoms with Crippen molar-refractivity contribution in [2.75, 3.05) is 17.8 Å². The zero-order valence-electron chi connectivity index (χ0n) is 10.7. The third-order valence-corrected chi connectivity index (χ3v) is 5.97. The number of ketones is 1. The molecule has 0 aliphatic carbocycles. The molecule has 0 fully saturated rings. The molecule has 0 aliphatic heterocycles. The largest absolute Gasteiger partial charge is 0.293 e. The van der Waals surface area contributed by atoms with Gasteiger partial charge in [0.25, 0.3) is 0 Å². The van der Waals surface area contributed by atoms with E-state index < -0.39 is 42.2 Å². The molecule has 0 N–H and O–H groups in total. The Morgan fingerprint density at radius 2 is 1.58 bits per heavy atom. The summed E-state index contributed by atoms with van der Waals surface area (Å²) in [5, 5.41) is -1.24. The number of sulfone groups is 2. The topological polar surface area (TPSA) is 85.3 Å². The molecule has 0 spiro atoms. The van der Waals surface area contributed by atoms with Crippen molar-refractivity contribution in [3.8, 4) is 0 Å². The second-order valence-electron chi connectivity index (χ2n) is 4.37. The van der Waals surface area contributed by atoms with Crippen molar-refractivity contribution in [1.82, 2.24) is 0 Å². The predicted octanol–water partition coefficient (Wildman–Crippen LogP) is 0.717. The number of benzene rings is 1. The fraction of sp³-hybridized carbons (Fsp3) is 0.417. The van der Waals surface area contributed by atoms with Crippen LogP contribution in [0.1, 0.15) is 17.3 Å². The van der Waals surface area contributed by atoms with Gasteiger partial charge in [-0.2, -0.15) is 0 Å². The van der Waals surface area contributed by atoms with Crippen LogP contribution in [0.2, 0.25) is 0 Å². The molecule has 0 saturated carbocycles. The van der Waals surface area contributed by atoms with Crippen molar-refractivity contribution in [3.05, 3.63) is 35.9 Å². The molecule has 7 heteroatoms. The first-order chi connectivity index (χ1) is 8.63. The number of Topliss-reactive ketones (excluding diaryl/α,β-unsaturated/α-hetero) is 1. The first-order valence-corrected chi connectivity index (χ1v) is 9.39. The number of carbonyl (C=O) groups excluding carboxylic acids is 1. The van der Waals surface area contributed by atoms with Crippen LogP contribution >= 0.6 is 0 Å². The van der Waals surface area contributed by atoms with Gasteiger partial charge in [-0.25, -0.2) is 16.8 Å². The summed E-state index contributed by atoms with van der Waals surface area (Å²) in [7, 11) is -7.14. The average Bonchev–Trinajstić information content (AvgIpc) is 2.35. The summed E-state index contributed by atoms with van der Waals surface area (Å²) in [6, 6.07) is 8.07. The van der Waals surface area contributed by atoms with Gasteiger partial charge in [-0.05, 0) is 6.92 Å². The van der Waals surface area contributed by atoms with E-state index in [1.807, 2.05) is 0 Å². The van der Waals surface area contributed by atoms with Gasteiger partial charge in [0, 0.05) is 11.8 Å². The van der Waals surface area contributed by atoms with Gasteiger partial charge in [0.05, 0.1) is 11.5 Å². The van der Waals surface area contributed by atoms with Gasteiger partial charge in [-0.15, -0.1) is 0 Å². The number of hydrogen-bond donors (Lipinski definition) is 0. The van der Waals surface area contributed by atoms with E-state index in [1.54, 1.807) is 18.2 Å². The Kier molecular flexibility index (Phi) is 4.86. The quantitative estimate of drug-likeness (QED) is 0.723. The minimum absolute atomic E-state index is 0.304. The van der Waals surface area contributed by atoms with Gasteiger partial charge in [0.15, 0.2) is 15.6 Å². The minimum Gasteiger partial charge on any atom is -0.293 e. The van der Waals surface area contributed by atoms with E-state index in [0.717, 1.165) is 6.26 Å². The zero-order chi connectivity index (χ0) is 14.7. The molecule has 0 saturated heterocycles. The lowest BCUT2D eigenvalue weighted by atomic mass is 10.1. The van der Waals surface area contributed by atoms with Crippen LogP contribution in [-0.2, 0) is 19.7 Å². The lowest BCUT2D eigenvalue weighted by Crippen LogP contribution is -2.31. The maximum atomic E-state index is 12.0. The Labute approximate surface area is 113 Å². The number of rotatable bonds is 6. The highest BCUT2D eigenvalue weighted by atomic mass is 32.2. The van der Waals surface area contributed by atoms with E-state index in [4.69, 9.17) is 0 Å². The van der Waals surface area contributed by atoms with Crippen molar-refractivity contribution in [3.63, 3.8) is 0 Å². The average molecular weight is 304 g/mol. The maximum absolute atomic E-state index is 12.0. The van der Waals surface area contributed by atoms with E-state index in [1.165, 1.54) is 19.1 Å². The van der Waals surface area contributed by atoms with E-state index in [-0.39, 0.29) is 0 Å². The van der Waals surface area contributed by atoms with Gasteiger partial charge in [0.1, 0.15) is 15.1 Å². The molecule has 1 atom stereocenters. The van der Waals surface area contributed by atoms with Crippen LogP contribution in [0, 0.1) is 0 Å². The summed E-state index contributed by atoms with van der Waals surface area (Å²) in [5.41, 5.74) is 0.304. The van der Waals surface area contributed by atoms with Crippen LogP contribution in [0.15, 0.2) is 30.3 Å². The van der Waals surface area contributed by atoms with Crippen molar-refractivity contribution in [2.24, 2.45) is 0 Å². The van der Waals surface area contributed by atoms with Crippen LogP contribution in [-0.4, -0.2) is 45.6 Å². The molecule has 0 aliphatic rings. The monoisotopic (exact) mass is 304 g/mol. The van der Waals surface area contributed by atoms with Crippen LogP contribution in [0.4, 0.5) is 0 Å². The molecule has 0 amide bonds. The summed E-state index contributed by atoms with van der Waals surface area (Å²) in [6.45, 7) is 1.28. The Balaban J connectivity index is 2.88. The van der Waals surface area contributed by atoms with E-state index >= 15 is 0 Å². The second-order valence-corrected chi connectivity index (χ2v) is 9.07. The summed E-state index contributed by atoms with van der Waals surface area (Å²) >= 11 is 0. The van der Waals surface area contributed by atoms with Crippen molar-refractivity contribution >= 4 is 25.5 Å². The van der Waals surface area contributed by atoms with Gasteiger partial charge >= 0.3 is 0 Å². The van der Waals surface area contributed by atoms with Crippen LogP contribution in [0.25, 0.3) is 0 Å². The second kappa shape index (κ2) is 5.83. The lowest BCUT2D eigenvalue weighted by Gasteiger charge is -2.11. The van der Waals surface area contributed by atoms with Crippen molar-refractivity contribution in [1.29, 1.82) is 0 Å². The van der Waals surface area contributed by atoms with Crippen molar-refractivity contribution in [2.45, 2.75) is 12.2 Å². The Bertz CT molecular complexity index is 645. The molecule has 1 unspecified atom stereocenters. The number of hydrogen-bond acceptors (Lipinski definition) is 5. The first-order valence-electron chi connectivity index (χ1n) is 5.62. The summed E-state index contributed by atoms with van der Waals surface area (Å²) in [5.74, 6) is -1.53. The molecule has 1 aromatic rings. The van der Waals surface area contributed by atoms with Gasteiger partial charge < -0.3 is 0 Å². The molecule has 1 aromatic carbocycles. The molecule has 0 aromatic heterocycles. The standard InChI is InChI=1S/C12H16O5S2/c1-10(12(13)11-6-4-3-5-7-11)19(16,17)9-8-18(2,14)15/h3-7,10H,8-9H2,1-2H3. The molecule has 19 heavy (non-hydrogen) atoms. The van der Waals surface area contributed by atoms with Crippen LogP contribution in [0.5, 0.6) is 0 Å². The molecule has 106 valence electrons. The van der Waals surface area contributed by atoms with E-state index in [2.05, 4.69) is 0 Å². The third-order valence-electron chi connectivity index (χ3n) is 2.70. The summed E-state index contributed by atoms with van der Waals surface area (Å²) < 4.78 is 45.8. The smallest absolute Gasteiger partial charge is 0.180 e. The Morgan fingerprint density at radius 3 is 2.05 bits per heavy atom. The highest BCUT2D eigenvalue weighted by Gasteiger charge is 2.29. The Morgan fingerprint density at radius 1 is 1.05 bits per heavy atom. The predicted molar refractivity (Wildman–Crippen MR) is 73.7 cm³/mol. The van der Waals surface area contributed by atoms with Gasteiger partial charge in [-0.3, -0.25) is 4.79 Å². The molecule has 0 radical (unpaired) electrons. The minimum atomic E-state index is -3.77. The molecule has 1 rings (SSSR count). The number of carbonyl (C=O) groups is 1. The lowest BCUT2D eigenvalue weighted by molar-refractivity contribution is 0.0991. The SMILES string of the molecule is CC(C(=O)c1ccccc1)S(=O)(=O)CCS(C)(=O)=O. The summed E-state index contributed by atoms with van der Waals surface area (Å²) in [6.07, 6.45) is 0.964. The zero-order valence-corrected chi connectivity index (χ0v) is 12.4. The maximum Gasteiger partial charge on any atom is 0.180 e. The van der Waals surface area contributed by atoms with E-state index in [0.29, 0.717) is 5.56 Å². The van der Waals surface area contributed by atoms with Crippen LogP contribution in [0.3, 0.4) is 0 Å². The molecule has 5 nitrogen and oxygen atoms in total. The first kappa shape index (κ1) is 15.8. The highest BCUT2D eigenvalue weighted by Crippen LogP contribution is 2.11. The normalized spacial score (nSPS) is 14.0. The van der Waals surface area contributed by atoms with Crippen molar-refractivity contribution < 1.29 is 21.6 Å². The van der Waals surface area contributed by atoms with Gasteiger partial charge in [0.2, 0.25) is 0 Å². The fourth-order valence-electron chi connectivity index (χ4n) is 1.44. The molecule has 0 bridgehead atoms. The summed E-state index contributed by atoms with van der Waals surface area (Å²) in [4.78, 5) is 12.0. The van der Waals surface area contributed by atoms with Crippen LogP contribution < -0.4 is 0 Å². The fourth-order valence-corrected chi connectivity index (χ4v) is 4.40. The third kappa shape index (κ3) is 4.76.